The molecule has 0 N–H and O–H groups in total. The smallest absolute Gasteiger partial charge is 0.160 e. The normalized spacial score (nSPS) is 13.0. The van der Waals surface area contributed by atoms with Crippen molar-refractivity contribution in [3.63, 3.8) is 0 Å². The summed E-state index contributed by atoms with van der Waals surface area (Å²) in [5.74, 6) is 0.695. The van der Waals surface area contributed by atoms with E-state index in [1.54, 1.807) is 0 Å². The lowest BCUT2D eigenvalue weighted by Gasteiger charge is -2.36. The van der Waals surface area contributed by atoms with Gasteiger partial charge >= 0.3 is 0 Å². The van der Waals surface area contributed by atoms with Gasteiger partial charge in [0.25, 0.3) is 0 Å². The first-order valence-corrected chi connectivity index (χ1v) is 21.9. The van der Waals surface area contributed by atoms with Crippen molar-refractivity contribution in [3.05, 3.63) is 217 Å². The van der Waals surface area contributed by atoms with E-state index in [2.05, 4.69) is 211 Å². The van der Waals surface area contributed by atoms with Crippen LogP contribution in [0.25, 0.3) is 94.1 Å². The highest BCUT2D eigenvalue weighted by atomic mass is 16.3. The van der Waals surface area contributed by atoms with E-state index < -0.39 is 5.41 Å². The summed E-state index contributed by atoms with van der Waals surface area (Å²) in [7, 11) is 0. The first kappa shape index (κ1) is 36.4. The van der Waals surface area contributed by atoms with E-state index >= 15 is 0 Å². The molecule has 0 spiro atoms. The summed E-state index contributed by atoms with van der Waals surface area (Å²) in [4.78, 5) is 12.9. The van der Waals surface area contributed by atoms with Gasteiger partial charge < -0.3 is 13.9 Å². The molecule has 0 amide bonds. The molecule has 0 radical (unpaired) electrons. The maximum absolute atomic E-state index is 6.75. The highest BCUT2D eigenvalue weighted by Crippen LogP contribution is 2.52. The number of hydrogen-bond donors (Lipinski definition) is 0. The van der Waals surface area contributed by atoms with E-state index in [-0.39, 0.29) is 0 Å². The van der Waals surface area contributed by atoms with Crippen LogP contribution in [0.15, 0.2) is 211 Å². The third-order valence-electron chi connectivity index (χ3n) is 13.3. The molecule has 302 valence electrons. The number of para-hydroxylation sites is 3. The highest BCUT2D eigenvalue weighted by molar-refractivity contribution is 6.23. The minimum atomic E-state index is -0.438. The van der Waals surface area contributed by atoms with Crippen molar-refractivity contribution in [2.75, 3.05) is 4.90 Å². The van der Waals surface area contributed by atoms with Crippen LogP contribution >= 0.6 is 0 Å². The van der Waals surface area contributed by atoms with E-state index in [0.717, 1.165) is 67.1 Å². The van der Waals surface area contributed by atoms with Gasteiger partial charge in [0.05, 0.1) is 33.8 Å². The van der Waals surface area contributed by atoms with Crippen LogP contribution in [0.3, 0.4) is 0 Å². The van der Waals surface area contributed by atoms with E-state index in [9.17, 15) is 0 Å². The van der Waals surface area contributed by atoms with Gasteiger partial charge in [-0.3, -0.25) is 0 Å². The number of nitrogens with zero attached hydrogens (tertiary/aromatic N) is 4. The van der Waals surface area contributed by atoms with Gasteiger partial charge in [0.15, 0.2) is 11.4 Å². The molecule has 0 unspecified atom stereocenters. The predicted molar refractivity (Wildman–Crippen MR) is 264 cm³/mol. The van der Waals surface area contributed by atoms with Gasteiger partial charge in [0, 0.05) is 55.0 Å². The molecule has 0 bridgehead atoms. The van der Waals surface area contributed by atoms with Crippen LogP contribution in [0, 0.1) is 0 Å². The van der Waals surface area contributed by atoms with Crippen LogP contribution in [-0.4, -0.2) is 14.5 Å². The first-order valence-electron chi connectivity index (χ1n) is 21.9. The van der Waals surface area contributed by atoms with Gasteiger partial charge in [-0.1, -0.05) is 153 Å². The molecule has 4 heterocycles. The van der Waals surface area contributed by atoms with Crippen LogP contribution < -0.4 is 4.90 Å². The largest absolute Gasteiger partial charge is 0.454 e. The second-order valence-electron chi connectivity index (χ2n) is 17.4. The summed E-state index contributed by atoms with van der Waals surface area (Å²) >= 11 is 0. The Labute approximate surface area is 370 Å². The molecular formula is C59H40N4O. The quantitative estimate of drug-likeness (QED) is 0.168. The maximum atomic E-state index is 6.75. The molecule has 0 saturated carbocycles. The molecular weight excluding hydrogens is 781 g/mol. The summed E-state index contributed by atoms with van der Waals surface area (Å²) in [5, 5.41) is 7.10. The number of hydrogen-bond acceptors (Lipinski definition) is 4. The second kappa shape index (κ2) is 13.9. The second-order valence-corrected chi connectivity index (χ2v) is 17.4. The van der Waals surface area contributed by atoms with E-state index in [4.69, 9.17) is 14.4 Å². The highest BCUT2D eigenvalue weighted by Gasteiger charge is 2.37. The third kappa shape index (κ3) is 5.44. The number of aromatic nitrogens is 3. The summed E-state index contributed by atoms with van der Waals surface area (Å²) in [6.45, 7) is 4.74. The lowest BCUT2D eigenvalue weighted by atomic mass is 9.74. The molecule has 9 aromatic carbocycles. The molecule has 3 aromatic heterocycles. The fraction of sp³-hybridized carbons (Fsp3) is 0.0508. The molecule has 12 aromatic rings. The Bertz CT molecular complexity index is 3750. The van der Waals surface area contributed by atoms with Gasteiger partial charge in [-0.2, -0.15) is 0 Å². The average Bonchev–Trinajstić information content (AvgIpc) is 3.91. The summed E-state index contributed by atoms with van der Waals surface area (Å²) in [5.41, 5.74) is 15.3. The minimum absolute atomic E-state index is 0.438. The summed E-state index contributed by atoms with van der Waals surface area (Å²) in [6, 6.07) is 73.4. The Kier molecular flexibility index (Phi) is 7.88. The lowest BCUT2D eigenvalue weighted by Crippen LogP contribution is -2.27. The number of benzene rings is 9. The Morgan fingerprint density at radius 2 is 1.14 bits per heavy atom. The van der Waals surface area contributed by atoms with Crippen molar-refractivity contribution in [3.8, 4) is 39.6 Å². The zero-order valence-corrected chi connectivity index (χ0v) is 35.3. The van der Waals surface area contributed by atoms with Gasteiger partial charge in [0.2, 0.25) is 0 Å². The van der Waals surface area contributed by atoms with Crippen LogP contribution in [-0.2, 0) is 5.41 Å². The van der Waals surface area contributed by atoms with Gasteiger partial charge in [-0.05, 0) is 88.6 Å². The summed E-state index contributed by atoms with van der Waals surface area (Å²) < 4.78 is 9.26. The summed E-state index contributed by atoms with van der Waals surface area (Å²) in [6.07, 6.45) is 0. The van der Waals surface area contributed by atoms with Crippen LogP contribution in [0.1, 0.15) is 25.0 Å². The standard InChI is InChI=1S/C59H40N4O/c1-59(2)47-33-40(58-60-49(38-18-6-3-7-19-38)36-50(61-58)39-20-8-4-9-21-39)30-31-51(47)63-52-32-29-37-17-12-13-24-43(37)55(52)46-34-42(35-48(59)56(46)63)62(41-22-10-5-11-23-41)53-27-16-26-45-44-25-14-15-28-54(44)64-57(45)53/h3-36H,1-2H3. The zero-order valence-electron chi connectivity index (χ0n) is 35.3. The van der Waals surface area contributed by atoms with Crippen molar-refractivity contribution in [2.45, 2.75) is 19.3 Å². The van der Waals surface area contributed by atoms with Crippen LogP contribution in [0.5, 0.6) is 0 Å². The fourth-order valence-corrected chi connectivity index (χ4v) is 10.3. The molecule has 64 heavy (non-hydrogen) atoms. The van der Waals surface area contributed by atoms with Gasteiger partial charge in [0.1, 0.15) is 5.58 Å². The Hall–Kier alpha value is -8.28. The number of furan rings is 1. The monoisotopic (exact) mass is 820 g/mol. The van der Waals surface area contributed by atoms with Crippen LogP contribution in [0.2, 0.25) is 0 Å². The van der Waals surface area contributed by atoms with E-state index in [1.807, 2.05) is 18.2 Å². The first-order chi connectivity index (χ1) is 31.5. The molecule has 13 rings (SSSR count). The molecule has 0 fully saturated rings. The Balaban J connectivity index is 1.09. The van der Waals surface area contributed by atoms with Crippen molar-refractivity contribution >= 4 is 71.6 Å². The SMILES string of the molecule is CC1(C)c2cc(-c3nc(-c4ccccc4)cc(-c4ccccc4)n3)ccc2-n2c3ccc4ccccc4c3c3cc(N(c4ccccc4)c4cccc5c4oc4ccccc45)cc1c32. The zero-order chi connectivity index (χ0) is 42.5. The molecule has 0 atom stereocenters. The van der Waals surface area contributed by atoms with Gasteiger partial charge in [-0.15, -0.1) is 0 Å². The third-order valence-corrected chi connectivity index (χ3v) is 13.3. The number of anilines is 3. The number of rotatable bonds is 6. The van der Waals surface area contributed by atoms with Crippen molar-refractivity contribution < 1.29 is 4.42 Å². The van der Waals surface area contributed by atoms with Gasteiger partial charge in [-0.25, -0.2) is 9.97 Å². The molecule has 5 nitrogen and oxygen atoms in total. The molecule has 0 saturated heterocycles. The Morgan fingerprint density at radius 3 is 1.89 bits per heavy atom. The van der Waals surface area contributed by atoms with E-state index in [0.29, 0.717) is 5.82 Å². The maximum Gasteiger partial charge on any atom is 0.160 e. The topological polar surface area (TPSA) is 47.1 Å². The van der Waals surface area contributed by atoms with Crippen LogP contribution in [0.4, 0.5) is 17.1 Å². The minimum Gasteiger partial charge on any atom is -0.454 e. The number of fused-ring (bicyclic) bond motifs is 10. The fourth-order valence-electron chi connectivity index (χ4n) is 10.3. The average molecular weight is 821 g/mol. The van der Waals surface area contributed by atoms with Crippen molar-refractivity contribution in [1.82, 2.24) is 14.5 Å². The molecule has 0 aliphatic carbocycles. The molecule has 1 aliphatic heterocycles. The molecule has 1 aliphatic rings. The van der Waals surface area contributed by atoms with Crippen molar-refractivity contribution in [1.29, 1.82) is 0 Å². The Morgan fingerprint density at radius 1 is 0.484 bits per heavy atom. The van der Waals surface area contributed by atoms with E-state index in [1.165, 1.54) is 49.4 Å². The predicted octanol–water partition coefficient (Wildman–Crippen LogP) is 15.7. The van der Waals surface area contributed by atoms with Crippen molar-refractivity contribution in [2.24, 2.45) is 0 Å². The lowest BCUT2D eigenvalue weighted by molar-refractivity contribution is 0.630. The molecule has 5 heteroatoms.